The fourth-order valence-corrected chi connectivity index (χ4v) is 4.70. The van der Waals surface area contributed by atoms with Crippen LogP contribution in [0.15, 0.2) is 36.4 Å². The lowest BCUT2D eigenvalue weighted by molar-refractivity contribution is -0.116. The zero-order chi connectivity index (χ0) is 19.1. The van der Waals surface area contributed by atoms with Gasteiger partial charge in [0.2, 0.25) is 5.91 Å². The maximum Gasteiger partial charge on any atom is 0.341 e. The van der Waals surface area contributed by atoms with Crippen molar-refractivity contribution in [3.05, 3.63) is 52.4 Å². The molecule has 0 radical (unpaired) electrons. The predicted octanol–water partition coefficient (Wildman–Crippen LogP) is 5.42. The molecular weight excluding hydrogens is 358 g/mol. The van der Waals surface area contributed by atoms with E-state index >= 15 is 0 Å². The van der Waals surface area contributed by atoms with Gasteiger partial charge in [-0.25, -0.2) is 4.79 Å². The van der Waals surface area contributed by atoms with Crippen molar-refractivity contribution < 1.29 is 14.3 Å². The molecule has 0 aliphatic heterocycles. The van der Waals surface area contributed by atoms with Crippen LogP contribution in [0.5, 0.6) is 0 Å². The molecule has 27 heavy (non-hydrogen) atoms. The first kappa shape index (κ1) is 19.6. The number of carbonyl (C=O) groups excluding carboxylic acids is 2. The minimum atomic E-state index is -0.376. The van der Waals surface area contributed by atoms with Gasteiger partial charge in [-0.2, -0.15) is 0 Å². The SMILES string of the molecule is CCOC(=O)c1cc(Cc2ccccc2)sc1NC(=O)CCC1CCCC1. The summed E-state index contributed by atoms with van der Waals surface area (Å²) in [5.74, 6) is 0.289. The molecule has 1 aliphatic carbocycles. The van der Waals surface area contributed by atoms with E-state index in [-0.39, 0.29) is 11.9 Å². The maximum absolute atomic E-state index is 12.4. The Bertz CT molecular complexity index is 763. The molecule has 1 N–H and O–H groups in total. The van der Waals surface area contributed by atoms with Gasteiger partial charge in [0.15, 0.2) is 0 Å². The van der Waals surface area contributed by atoms with Crippen molar-refractivity contribution in [2.45, 2.75) is 51.9 Å². The molecule has 1 heterocycles. The first-order chi connectivity index (χ1) is 13.2. The molecule has 144 valence electrons. The number of thiophene rings is 1. The molecule has 3 rings (SSSR count). The molecule has 1 fully saturated rings. The average molecular weight is 386 g/mol. The van der Waals surface area contributed by atoms with Gasteiger partial charge in [-0.05, 0) is 30.9 Å². The summed E-state index contributed by atoms with van der Waals surface area (Å²) >= 11 is 1.46. The first-order valence-corrected chi connectivity index (χ1v) is 10.6. The largest absolute Gasteiger partial charge is 0.462 e. The number of anilines is 1. The van der Waals surface area contributed by atoms with Gasteiger partial charge in [-0.15, -0.1) is 11.3 Å². The van der Waals surface area contributed by atoms with Crippen LogP contribution in [0, 0.1) is 5.92 Å². The quantitative estimate of drug-likeness (QED) is 0.617. The summed E-state index contributed by atoms with van der Waals surface area (Å²) in [5, 5.41) is 3.57. The molecule has 1 aromatic carbocycles. The summed E-state index contributed by atoms with van der Waals surface area (Å²) in [6, 6.07) is 12.0. The van der Waals surface area contributed by atoms with Gasteiger partial charge in [0, 0.05) is 17.7 Å². The van der Waals surface area contributed by atoms with Crippen LogP contribution in [0.4, 0.5) is 5.00 Å². The van der Waals surface area contributed by atoms with Crippen LogP contribution in [0.1, 0.15) is 66.2 Å². The van der Waals surface area contributed by atoms with Gasteiger partial charge in [0.05, 0.1) is 12.2 Å². The molecule has 4 nitrogen and oxygen atoms in total. The van der Waals surface area contributed by atoms with Crippen molar-refractivity contribution in [2.24, 2.45) is 5.92 Å². The van der Waals surface area contributed by atoms with Crippen LogP contribution in [0.3, 0.4) is 0 Å². The highest BCUT2D eigenvalue weighted by Crippen LogP contribution is 2.32. The second-order valence-corrected chi connectivity index (χ2v) is 8.21. The van der Waals surface area contributed by atoms with Crippen molar-refractivity contribution in [3.63, 3.8) is 0 Å². The highest BCUT2D eigenvalue weighted by Gasteiger charge is 2.21. The molecule has 0 bridgehead atoms. The number of esters is 1. The first-order valence-electron chi connectivity index (χ1n) is 9.79. The average Bonchev–Trinajstić information content (AvgIpc) is 3.31. The number of hydrogen-bond acceptors (Lipinski definition) is 4. The minimum absolute atomic E-state index is 0.0134. The van der Waals surface area contributed by atoms with E-state index < -0.39 is 0 Å². The Labute approximate surface area is 164 Å². The zero-order valence-corrected chi connectivity index (χ0v) is 16.6. The van der Waals surface area contributed by atoms with Crippen molar-refractivity contribution >= 4 is 28.2 Å². The number of hydrogen-bond donors (Lipinski definition) is 1. The summed E-state index contributed by atoms with van der Waals surface area (Å²) in [6.45, 7) is 2.10. The molecule has 2 aromatic rings. The summed E-state index contributed by atoms with van der Waals surface area (Å²) in [4.78, 5) is 25.8. The van der Waals surface area contributed by atoms with Crippen LogP contribution in [0.25, 0.3) is 0 Å². The zero-order valence-electron chi connectivity index (χ0n) is 15.8. The van der Waals surface area contributed by atoms with E-state index in [1.165, 1.54) is 42.6 Å². The number of rotatable bonds is 8. The van der Waals surface area contributed by atoms with Gasteiger partial charge >= 0.3 is 5.97 Å². The normalized spacial score (nSPS) is 14.3. The number of amides is 1. The monoisotopic (exact) mass is 385 g/mol. The lowest BCUT2D eigenvalue weighted by atomic mass is 10.0. The summed E-state index contributed by atoms with van der Waals surface area (Å²) in [6.07, 6.45) is 7.22. The van der Waals surface area contributed by atoms with E-state index in [2.05, 4.69) is 17.4 Å². The minimum Gasteiger partial charge on any atom is -0.462 e. The van der Waals surface area contributed by atoms with Gasteiger partial charge in [0.1, 0.15) is 5.00 Å². The van der Waals surface area contributed by atoms with Crippen LogP contribution in [0.2, 0.25) is 0 Å². The third-order valence-electron chi connectivity index (χ3n) is 5.01. The molecule has 0 atom stereocenters. The molecule has 5 heteroatoms. The molecule has 0 spiro atoms. The number of benzene rings is 1. The number of ether oxygens (including phenoxy) is 1. The standard InChI is InChI=1S/C22H27NO3S/c1-2-26-22(25)19-15-18(14-17-10-4-3-5-11-17)27-21(19)23-20(24)13-12-16-8-6-7-9-16/h3-5,10-11,15-16H,2,6-9,12-14H2,1H3,(H,23,24). The molecule has 1 amide bonds. The Morgan fingerprint density at radius 2 is 1.93 bits per heavy atom. The van der Waals surface area contributed by atoms with Crippen molar-refractivity contribution in [1.82, 2.24) is 0 Å². The van der Waals surface area contributed by atoms with Gasteiger partial charge < -0.3 is 10.1 Å². The van der Waals surface area contributed by atoms with Crippen LogP contribution < -0.4 is 5.32 Å². The van der Waals surface area contributed by atoms with Gasteiger partial charge in [0.25, 0.3) is 0 Å². The Kier molecular flexibility index (Phi) is 7.04. The van der Waals surface area contributed by atoms with E-state index in [0.29, 0.717) is 29.5 Å². The van der Waals surface area contributed by atoms with Crippen LogP contribution in [-0.4, -0.2) is 18.5 Å². The fraction of sp³-hybridized carbons (Fsp3) is 0.455. The predicted molar refractivity (Wildman–Crippen MR) is 109 cm³/mol. The summed E-state index contributed by atoms with van der Waals surface area (Å²) in [5.41, 5.74) is 1.63. The molecule has 1 aromatic heterocycles. The molecule has 0 unspecified atom stereocenters. The number of carbonyl (C=O) groups is 2. The lowest BCUT2D eigenvalue weighted by Gasteiger charge is -2.09. The second kappa shape index (κ2) is 9.70. The van der Waals surface area contributed by atoms with E-state index in [0.717, 1.165) is 17.7 Å². The van der Waals surface area contributed by atoms with Crippen molar-refractivity contribution in [1.29, 1.82) is 0 Å². The molecular formula is C22H27NO3S. The lowest BCUT2D eigenvalue weighted by Crippen LogP contribution is -2.14. The van der Waals surface area contributed by atoms with Gasteiger partial charge in [-0.3, -0.25) is 4.79 Å². The summed E-state index contributed by atoms with van der Waals surface area (Å²) < 4.78 is 5.17. The third kappa shape index (κ3) is 5.67. The molecule has 0 saturated heterocycles. The second-order valence-electron chi connectivity index (χ2n) is 7.08. The van der Waals surface area contributed by atoms with E-state index in [9.17, 15) is 9.59 Å². The van der Waals surface area contributed by atoms with Crippen LogP contribution in [-0.2, 0) is 16.0 Å². The van der Waals surface area contributed by atoms with E-state index in [4.69, 9.17) is 4.74 Å². The Hall–Kier alpha value is -2.14. The molecule has 1 aliphatic rings. The Balaban J connectivity index is 1.68. The van der Waals surface area contributed by atoms with E-state index in [1.807, 2.05) is 24.3 Å². The fourth-order valence-electron chi connectivity index (χ4n) is 3.60. The summed E-state index contributed by atoms with van der Waals surface area (Å²) in [7, 11) is 0. The highest BCUT2D eigenvalue weighted by molar-refractivity contribution is 7.16. The van der Waals surface area contributed by atoms with Crippen molar-refractivity contribution in [2.75, 3.05) is 11.9 Å². The smallest absolute Gasteiger partial charge is 0.341 e. The number of nitrogens with one attached hydrogen (secondary N) is 1. The maximum atomic E-state index is 12.4. The third-order valence-corrected chi connectivity index (χ3v) is 6.06. The Morgan fingerprint density at radius 3 is 2.63 bits per heavy atom. The van der Waals surface area contributed by atoms with Crippen molar-refractivity contribution in [3.8, 4) is 0 Å². The Morgan fingerprint density at radius 1 is 1.19 bits per heavy atom. The highest BCUT2D eigenvalue weighted by atomic mass is 32.1. The topological polar surface area (TPSA) is 55.4 Å². The van der Waals surface area contributed by atoms with Gasteiger partial charge in [-0.1, -0.05) is 56.0 Å². The molecule has 1 saturated carbocycles. The van der Waals surface area contributed by atoms with Crippen LogP contribution >= 0.6 is 11.3 Å². The van der Waals surface area contributed by atoms with E-state index in [1.54, 1.807) is 6.92 Å².